The van der Waals surface area contributed by atoms with E-state index in [4.69, 9.17) is 5.11 Å². The first kappa shape index (κ1) is 14.4. The number of hydrogen-bond acceptors (Lipinski definition) is 3. The van der Waals surface area contributed by atoms with E-state index in [0.29, 0.717) is 6.54 Å². The molecule has 0 saturated carbocycles. The van der Waals surface area contributed by atoms with Crippen molar-refractivity contribution in [1.29, 1.82) is 0 Å². The molecule has 17 heavy (non-hydrogen) atoms. The van der Waals surface area contributed by atoms with Crippen LogP contribution >= 0.6 is 15.9 Å². The highest BCUT2D eigenvalue weighted by atomic mass is 79.9. The van der Waals surface area contributed by atoms with Crippen LogP contribution in [0, 0.1) is 13.8 Å². The van der Waals surface area contributed by atoms with Crippen LogP contribution in [0.5, 0.6) is 0 Å². The van der Waals surface area contributed by atoms with E-state index in [1.54, 1.807) is 4.57 Å². The number of hydrogen-bond donors (Lipinski definition) is 1. The van der Waals surface area contributed by atoms with Crippen LogP contribution in [-0.4, -0.2) is 21.3 Å². The van der Waals surface area contributed by atoms with Gasteiger partial charge in [0.2, 0.25) is 0 Å². The number of halogens is 1. The van der Waals surface area contributed by atoms with Gasteiger partial charge in [0.25, 0.3) is 0 Å². The lowest BCUT2D eigenvalue weighted by atomic mass is 10.2. The molecule has 1 N–H and O–H groups in total. The average molecular weight is 303 g/mol. The van der Waals surface area contributed by atoms with Crippen molar-refractivity contribution in [2.75, 3.05) is 6.61 Å². The Morgan fingerprint density at radius 1 is 1.24 bits per heavy atom. The Kier molecular flexibility index (Phi) is 5.85. The predicted molar refractivity (Wildman–Crippen MR) is 71.2 cm³/mol. The van der Waals surface area contributed by atoms with Crippen molar-refractivity contribution in [3.05, 3.63) is 26.3 Å². The van der Waals surface area contributed by atoms with E-state index < -0.39 is 0 Å². The first-order chi connectivity index (χ1) is 8.07. The van der Waals surface area contributed by atoms with E-state index in [1.807, 2.05) is 13.8 Å². The lowest BCUT2D eigenvalue weighted by Crippen LogP contribution is -2.26. The molecule has 0 amide bonds. The Morgan fingerprint density at radius 3 is 2.53 bits per heavy atom. The first-order valence-corrected chi connectivity index (χ1v) is 6.71. The highest BCUT2D eigenvalue weighted by molar-refractivity contribution is 9.10. The second-order valence-corrected chi connectivity index (χ2v) is 4.96. The van der Waals surface area contributed by atoms with E-state index in [2.05, 4.69) is 20.9 Å². The molecular formula is C12H19BrN2O2. The summed E-state index contributed by atoms with van der Waals surface area (Å²) in [5.41, 5.74) is 1.50. The molecule has 0 aromatic carbocycles. The van der Waals surface area contributed by atoms with Crippen molar-refractivity contribution in [3.63, 3.8) is 0 Å². The smallest absolute Gasteiger partial charge is 0.348 e. The highest BCUT2D eigenvalue weighted by Crippen LogP contribution is 2.17. The van der Waals surface area contributed by atoms with Crippen LogP contribution in [0.2, 0.25) is 0 Å². The molecule has 0 aliphatic rings. The quantitative estimate of drug-likeness (QED) is 0.820. The molecule has 1 heterocycles. The van der Waals surface area contributed by atoms with Gasteiger partial charge < -0.3 is 5.11 Å². The highest BCUT2D eigenvalue weighted by Gasteiger charge is 2.08. The molecule has 0 aliphatic carbocycles. The van der Waals surface area contributed by atoms with E-state index >= 15 is 0 Å². The summed E-state index contributed by atoms with van der Waals surface area (Å²) >= 11 is 3.44. The lowest BCUT2D eigenvalue weighted by molar-refractivity contribution is 0.282. The summed E-state index contributed by atoms with van der Waals surface area (Å²) in [6.07, 6.45) is 3.81. The van der Waals surface area contributed by atoms with Crippen molar-refractivity contribution in [1.82, 2.24) is 9.55 Å². The summed E-state index contributed by atoms with van der Waals surface area (Å²) in [5, 5.41) is 8.67. The van der Waals surface area contributed by atoms with Gasteiger partial charge in [-0.1, -0.05) is 12.8 Å². The van der Waals surface area contributed by atoms with Crippen LogP contribution in [0.3, 0.4) is 0 Å². The number of aliphatic hydroxyl groups is 1. The van der Waals surface area contributed by atoms with Gasteiger partial charge in [-0.25, -0.2) is 4.79 Å². The Balaban J connectivity index is 2.65. The summed E-state index contributed by atoms with van der Waals surface area (Å²) in [4.78, 5) is 15.7. The van der Waals surface area contributed by atoms with Gasteiger partial charge in [0.15, 0.2) is 0 Å². The molecule has 0 bridgehead atoms. The largest absolute Gasteiger partial charge is 0.396 e. The summed E-state index contributed by atoms with van der Waals surface area (Å²) < 4.78 is 2.61. The topological polar surface area (TPSA) is 55.1 Å². The number of unbranched alkanes of at least 4 members (excludes halogenated alkanes) is 3. The summed E-state index contributed by atoms with van der Waals surface area (Å²) in [5.74, 6) is 0. The second-order valence-electron chi connectivity index (χ2n) is 4.17. The van der Waals surface area contributed by atoms with Gasteiger partial charge in [-0.3, -0.25) is 4.57 Å². The Morgan fingerprint density at radius 2 is 1.88 bits per heavy atom. The van der Waals surface area contributed by atoms with Gasteiger partial charge in [0.05, 0.1) is 10.2 Å². The van der Waals surface area contributed by atoms with Crippen LogP contribution in [0.4, 0.5) is 0 Å². The Bertz CT molecular complexity index is 429. The predicted octanol–water partition coefficient (Wildman–Crippen LogP) is 2.18. The maximum atomic E-state index is 11.7. The van der Waals surface area contributed by atoms with Gasteiger partial charge in [0.1, 0.15) is 0 Å². The molecule has 5 heteroatoms. The van der Waals surface area contributed by atoms with Crippen LogP contribution in [0.1, 0.15) is 37.1 Å². The van der Waals surface area contributed by atoms with Crippen molar-refractivity contribution in [3.8, 4) is 0 Å². The molecule has 0 spiro atoms. The number of nitrogens with zero attached hydrogens (tertiary/aromatic N) is 2. The van der Waals surface area contributed by atoms with Crippen molar-refractivity contribution >= 4 is 15.9 Å². The van der Waals surface area contributed by atoms with Crippen LogP contribution in [-0.2, 0) is 6.54 Å². The fourth-order valence-electron chi connectivity index (χ4n) is 1.78. The van der Waals surface area contributed by atoms with E-state index in [9.17, 15) is 4.79 Å². The monoisotopic (exact) mass is 302 g/mol. The minimum Gasteiger partial charge on any atom is -0.396 e. The first-order valence-electron chi connectivity index (χ1n) is 5.92. The molecule has 4 nitrogen and oxygen atoms in total. The van der Waals surface area contributed by atoms with Gasteiger partial charge in [0, 0.05) is 18.8 Å². The maximum absolute atomic E-state index is 11.7. The molecule has 1 aromatic heterocycles. The van der Waals surface area contributed by atoms with Crippen LogP contribution in [0.15, 0.2) is 9.27 Å². The van der Waals surface area contributed by atoms with E-state index in [1.165, 1.54) is 0 Å². The molecule has 96 valence electrons. The van der Waals surface area contributed by atoms with Gasteiger partial charge in [-0.2, -0.15) is 4.98 Å². The Hall–Kier alpha value is -0.680. The normalized spacial score (nSPS) is 10.8. The fourth-order valence-corrected chi connectivity index (χ4v) is 2.08. The maximum Gasteiger partial charge on any atom is 0.348 e. The van der Waals surface area contributed by atoms with E-state index in [-0.39, 0.29) is 12.3 Å². The molecule has 1 rings (SSSR count). The third-order valence-electron chi connectivity index (χ3n) is 2.82. The van der Waals surface area contributed by atoms with Crippen LogP contribution < -0.4 is 5.69 Å². The molecule has 0 saturated heterocycles. The van der Waals surface area contributed by atoms with Crippen molar-refractivity contribution in [2.45, 2.75) is 46.1 Å². The molecule has 0 aliphatic heterocycles. The standard InChI is InChI=1S/C12H19BrN2O2/c1-9-11(13)10(2)15(12(17)14-9)7-5-3-4-6-8-16/h16H,3-8H2,1-2H3. The third-order valence-corrected chi connectivity index (χ3v) is 3.97. The average Bonchev–Trinajstić information content (AvgIpc) is 2.30. The van der Waals surface area contributed by atoms with Crippen LogP contribution in [0.25, 0.3) is 0 Å². The molecule has 0 fully saturated rings. The number of aryl methyl sites for hydroxylation is 1. The van der Waals surface area contributed by atoms with E-state index in [0.717, 1.165) is 41.5 Å². The summed E-state index contributed by atoms with van der Waals surface area (Å²) in [7, 11) is 0. The van der Waals surface area contributed by atoms with Crippen molar-refractivity contribution < 1.29 is 5.11 Å². The molecule has 0 radical (unpaired) electrons. The van der Waals surface area contributed by atoms with Gasteiger partial charge in [-0.15, -0.1) is 0 Å². The molecule has 0 atom stereocenters. The van der Waals surface area contributed by atoms with Crippen molar-refractivity contribution in [2.24, 2.45) is 0 Å². The molecular weight excluding hydrogens is 284 g/mol. The SMILES string of the molecule is Cc1nc(=O)n(CCCCCCO)c(C)c1Br. The number of rotatable bonds is 6. The third kappa shape index (κ3) is 3.92. The molecule has 0 unspecified atom stereocenters. The summed E-state index contributed by atoms with van der Waals surface area (Å²) in [6, 6.07) is 0. The Labute approximate surface area is 110 Å². The van der Waals surface area contributed by atoms with Gasteiger partial charge in [-0.05, 0) is 42.6 Å². The zero-order valence-electron chi connectivity index (χ0n) is 10.4. The fraction of sp³-hybridized carbons (Fsp3) is 0.667. The second kappa shape index (κ2) is 6.91. The number of aliphatic hydroxyl groups excluding tert-OH is 1. The number of aromatic nitrogens is 2. The minimum atomic E-state index is -0.176. The zero-order valence-corrected chi connectivity index (χ0v) is 12.0. The molecule has 1 aromatic rings. The zero-order chi connectivity index (χ0) is 12.8. The summed E-state index contributed by atoms with van der Waals surface area (Å²) in [6.45, 7) is 4.69. The van der Waals surface area contributed by atoms with Gasteiger partial charge >= 0.3 is 5.69 Å². The lowest BCUT2D eigenvalue weighted by Gasteiger charge is -2.11. The minimum absolute atomic E-state index is 0.176.